The van der Waals surface area contributed by atoms with E-state index in [9.17, 15) is 13.2 Å². The number of aryl methyl sites for hydroxylation is 1. The van der Waals surface area contributed by atoms with Crippen LogP contribution in [0, 0.1) is 6.92 Å². The molecule has 0 aromatic heterocycles. The molecule has 0 aliphatic carbocycles. The number of para-hydroxylation sites is 1. The maximum Gasteiger partial charge on any atom is 0.268 e. The van der Waals surface area contributed by atoms with Crippen LogP contribution in [0.3, 0.4) is 0 Å². The molecule has 3 aromatic carbocycles. The summed E-state index contributed by atoms with van der Waals surface area (Å²) in [6.45, 7) is 3.39. The Labute approximate surface area is 162 Å². The van der Waals surface area contributed by atoms with Gasteiger partial charge in [-0.15, -0.1) is 0 Å². The summed E-state index contributed by atoms with van der Waals surface area (Å²) in [5.41, 5.74) is 2.57. The molecule has 1 aliphatic heterocycles. The number of Topliss-reactive ketones (excluding diaryl/α,β-unsaturated/α-hetero) is 1. The minimum atomic E-state index is -3.84. The first-order chi connectivity index (χ1) is 12.9. The fourth-order valence-corrected chi connectivity index (χ4v) is 5.69. The van der Waals surface area contributed by atoms with Crippen LogP contribution in [0.25, 0.3) is 0 Å². The van der Waals surface area contributed by atoms with E-state index in [2.05, 4.69) is 0 Å². The summed E-state index contributed by atoms with van der Waals surface area (Å²) in [4.78, 5) is 13.7. The van der Waals surface area contributed by atoms with E-state index in [1.54, 1.807) is 42.5 Å². The van der Waals surface area contributed by atoms with Crippen molar-refractivity contribution in [2.24, 2.45) is 0 Å². The van der Waals surface area contributed by atoms with Crippen molar-refractivity contribution in [1.82, 2.24) is 0 Å². The quantitative estimate of drug-likeness (QED) is 0.573. The van der Waals surface area contributed by atoms with Gasteiger partial charge in [0.05, 0.1) is 16.3 Å². The summed E-state index contributed by atoms with van der Waals surface area (Å²) in [5, 5.41) is 0. The number of carbonyl (C=O) groups is 1. The van der Waals surface area contributed by atoms with Crippen molar-refractivity contribution in [3.8, 4) is 0 Å². The fraction of sp³-hybridized carbons (Fsp3) is 0.0952. The minimum Gasteiger partial charge on any atom is -0.295 e. The van der Waals surface area contributed by atoms with Gasteiger partial charge in [-0.2, -0.15) is 0 Å². The van der Waals surface area contributed by atoms with Crippen molar-refractivity contribution in [2.45, 2.75) is 28.5 Å². The molecule has 4 rings (SSSR count). The SMILES string of the molecule is CC(=O)c1ccc2c(c1)N(S(=O)(=O)c1ccc(C)cc1)c1ccccc1S2. The Balaban J connectivity index is 1.97. The number of carbonyl (C=O) groups excluding carboxylic acids is 1. The van der Waals surface area contributed by atoms with Crippen molar-refractivity contribution in [3.63, 3.8) is 0 Å². The minimum absolute atomic E-state index is 0.102. The first-order valence-corrected chi connectivity index (χ1v) is 10.7. The summed E-state index contributed by atoms with van der Waals surface area (Å²) in [7, 11) is -3.84. The molecular formula is C21H17NO3S2. The van der Waals surface area contributed by atoms with Crippen LogP contribution in [-0.2, 0) is 10.0 Å². The molecule has 0 amide bonds. The first kappa shape index (κ1) is 17.8. The Bertz CT molecular complexity index is 1150. The van der Waals surface area contributed by atoms with Crippen molar-refractivity contribution >= 4 is 38.9 Å². The molecule has 27 heavy (non-hydrogen) atoms. The molecule has 1 heterocycles. The summed E-state index contributed by atoms with van der Waals surface area (Å²) >= 11 is 1.50. The number of ketones is 1. The summed E-state index contributed by atoms with van der Waals surface area (Å²) in [5.74, 6) is -0.102. The first-order valence-electron chi connectivity index (χ1n) is 8.42. The number of sulfonamides is 1. The molecule has 3 aromatic rings. The van der Waals surface area contributed by atoms with Crippen LogP contribution < -0.4 is 4.31 Å². The number of nitrogens with zero attached hydrogens (tertiary/aromatic N) is 1. The molecule has 0 unspecified atom stereocenters. The molecule has 1 aliphatic rings. The molecule has 0 fully saturated rings. The number of benzene rings is 3. The zero-order valence-corrected chi connectivity index (χ0v) is 16.5. The molecule has 4 nitrogen and oxygen atoms in total. The van der Waals surface area contributed by atoms with Gasteiger partial charge in [0.2, 0.25) is 0 Å². The Hall–Kier alpha value is -2.57. The lowest BCUT2D eigenvalue weighted by Gasteiger charge is -2.32. The van der Waals surface area contributed by atoms with Gasteiger partial charge in [0.1, 0.15) is 0 Å². The van der Waals surface area contributed by atoms with Crippen molar-refractivity contribution in [2.75, 3.05) is 4.31 Å². The second-order valence-electron chi connectivity index (χ2n) is 6.39. The van der Waals surface area contributed by atoms with Gasteiger partial charge >= 0.3 is 0 Å². The van der Waals surface area contributed by atoms with Crippen LogP contribution >= 0.6 is 11.8 Å². The van der Waals surface area contributed by atoms with E-state index in [0.29, 0.717) is 16.9 Å². The Morgan fingerprint density at radius 1 is 0.889 bits per heavy atom. The maximum atomic E-state index is 13.5. The van der Waals surface area contributed by atoms with E-state index in [1.807, 2.05) is 31.2 Å². The molecule has 0 saturated carbocycles. The lowest BCUT2D eigenvalue weighted by molar-refractivity contribution is 0.101. The molecule has 0 bridgehead atoms. The van der Waals surface area contributed by atoms with Crippen LogP contribution in [0.4, 0.5) is 11.4 Å². The van der Waals surface area contributed by atoms with Gasteiger partial charge in [0.25, 0.3) is 10.0 Å². The predicted octanol–water partition coefficient (Wildman–Crippen LogP) is 5.19. The molecule has 6 heteroatoms. The number of rotatable bonds is 3. The van der Waals surface area contributed by atoms with E-state index in [1.165, 1.54) is 23.0 Å². The van der Waals surface area contributed by atoms with Gasteiger partial charge in [-0.05, 0) is 50.2 Å². The molecule has 0 N–H and O–H groups in total. The molecule has 0 radical (unpaired) electrons. The third-order valence-corrected chi connectivity index (χ3v) is 7.32. The highest BCUT2D eigenvalue weighted by Crippen LogP contribution is 2.50. The maximum absolute atomic E-state index is 13.5. The second kappa shape index (κ2) is 6.55. The molecule has 0 saturated heterocycles. The monoisotopic (exact) mass is 395 g/mol. The van der Waals surface area contributed by atoms with Crippen LogP contribution in [-0.4, -0.2) is 14.2 Å². The van der Waals surface area contributed by atoms with Gasteiger partial charge in [0, 0.05) is 15.4 Å². The third kappa shape index (κ3) is 3.05. The van der Waals surface area contributed by atoms with Gasteiger partial charge in [-0.25, -0.2) is 12.7 Å². The standard InChI is InChI=1S/C21H17NO3S2/c1-14-7-10-17(11-8-14)27(24,25)22-18-5-3-4-6-20(18)26-21-12-9-16(15(2)23)13-19(21)22/h3-13H,1-2H3. The van der Waals surface area contributed by atoms with Crippen LogP contribution in [0.1, 0.15) is 22.8 Å². The van der Waals surface area contributed by atoms with E-state index < -0.39 is 10.0 Å². The van der Waals surface area contributed by atoms with Crippen molar-refractivity contribution in [1.29, 1.82) is 0 Å². The van der Waals surface area contributed by atoms with Gasteiger partial charge in [-0.3, -0.25) is 4.79 Å². The Morgan fingerprint density at radius 2 is 1.56 bits per heavy atom. The fourth-order valence-electron chi connectivity index (χ4n) is 3.02. The van der Waals surface area contributed by atoms with E-state index in [0.717, 1.165) is 15.4 Å². The number of fused-ring (bicyclic) bond motifs is 2. The predicted molar refractivity (Wildman–Crippen MR) is 108 cm³/mol. The van der Waals surface area contributed by atoms with Gasteiger partial charge in [-0.1, -0.05) is 47.7 Å². The average Bonchev–Trinajstić information content (AvgIpc) is 2.65. The topological polar surface area (TPSA) is 54.5 Å². The second-order valence-corrected chi connectivity index (χ2v) is 9.26. The zero-order valence-electron chi connectivity index (χ0n) is 14.8. The zero-order chi connectivity index (χ0) is 19.2. The van der Waals surface area contributed by atoms with E-state index in [-0.39, 0.29) is 10.7 Å². The van der Waals surface area contributed by atoms with Gasteiger partial charge in [0.15, 0.2) is 5.78 Å². The highest BCUT2D eigenvalue weighted by atomic mass is 32.2. The molecule has 0 atom stereocenters. The van der Waals surface area contributed by atoms with E-state index in [4.69, 9.17) is 0 Å². The lowest BCUT2D eigenvalue weighted by atomic mass is 10.1. The third-order valence-electron chi connectivity index (χ3n) is 4.45. The summed E-state index contributed by atoms with van der Waals surface area (Å²) in [6, 6.07) is 19.4. The Kier molecular flexibility index (Phi) is 4.32. The van der Waals surface area contributed by atoms with Crippen LogP contribution in [0.15, 0.2) is 81.4 Å². The summed E-state index contributed by atoms with van der Waals surface area (Å²) in [6.07, 6.45) is 0. The van der Waals surface area contributed by atoms with Crippen LogP contribution in [0.5, 0.6) is 0 Å². The number of anilines is 2. The molecular weight excluding hydrogens is 378 g/mol. The van der Waals surface area contributed by atoms with Crippen molar-refractivity contribution in [3.05, 3.63) is 77.9 Å². The smallest absolute Gasteiger partial charge is 0.268 e. The number of hydrogen-bond donors (Lipinski definition) is 0. The highest BCUT2D eigenvalue weighted by molar-refractivity contribution is 8.00. The Morgan fingerprint density at radius 3 is 2.26 bits per heavy atom. The normalized spacial score (nSPS) is 13.0. The average molecular weight is 396 g/mol. The van der Waals surface area contributed by atoms with Crippen molar-refractivity contribution < 1.29 is 13.2 Å². The van der Waals surface area contributed by atoms with Crippen LogP contribution in [0.2, 0.25) is 0 Å². The molecule has 0 spiro atoms. The van der Waals surface area contributed by atoms with Gasteiger partial charge < -0.3 is 0 Å². The van der Waals surface area contributed by atoms with E-state index >= 15 is 0 Å². The largest absolute Gasteiger partial charge is 0.295 e. The lowest BCUT2D eigenvalue weighted by Crippen LogP contribution is -2.29. The summed E-state index contributed by atoms with van der Waals surface area (Å²) < 4.78 is 28.4. The highest BCUT2D eigenvalue weighted by Gasteiger charge is 2.33. The number of hydrogen-bond acceptors (Lipinski definition) is 4. The molecule has 136 valence electrons.